The average Bonchev–Trinajstić information content (AvgIpc) is 2.34. The fourth-order valence-electron chi connectivity index (χ4n) is 1.57. The van der Waals surface area contributed by atoms with Gasteiger partial charge in [-0.15, -0.1) is 0 Å². The molecule has 0 N–H and O–H groups in total. The molecular weight excluding hydrogens is 379 g/mol. The predicted molar refractivity (Wildman–Crippen MR) is 83.0 cm³/mol. The van der Waals surface area contributed by atoms with Crippen molar-refractivity contribution in [1.82, 2.24) is 0 Å². The van der Waals surface area contributed by atoms with Crippen LogP contribution in [0.2, 0.25) is 5.02 Å². The van der Waals surface area contributed by atoms with E-state index in [2.05, 4.69) is 31.9 Å². The summed E-state index contributed by atoms with van der Waals surface area (Å²) in [6, 6.07) is 11.6. The van der Waals surface area contributed by atoms with Gasteiger partial charge in [0, 0.05) is 20.4 Å². The van der Waals surface area contributed by atoms with Gasteiger partial charge < -0.3 is 4.74 Å². The Hall–Kier alpha value is -0.510. The van der Waals surface area contributed by atoms with Gasteiger partial charge in [-0.3, -0.25) is 0 Å². The molecule has 18 heavy (non-hydrogen) atoms. The molecule has 0 heterocycles. The Balaban J connectivity index is 2.40. The highest BCUT2D eigenvalue weighted by molar-refractivity contribution is 9.10. The van der Waals surface area contributed by atoms with Gasteiger partial charge in [-0.25, -0.2) is 0 Å². The Bertz CT molecular complexity index is 570. The lowest BCUT2D eigenvalue weighted by Crippen LogP contribution is -1.92. The summed E-state index contributed by atoms with van der Waals surface area (Å²) in [5, 5.41) is 1.37. The zero-order valence-corrected chi connectivity index (χ0v) is 13.6. The summed E-state index contributed by atoms with van der Waals surface area (Å²) in [5.41, 5.74) is 2.04. The molecule has 0 amide bonds. The van der Waals surface area contributed by atoms with Crippen molar-refractivity contribution >= 4 is 43.5 Å². The van der Waals surface area contributed by atoms with E-state index in [0.29, 0.717) is 10.4 Å². The minimum atomic E-state index is 0.662. The fourth-order valence-corrected chi connectivity index (χ4v) is 2.88. The van der Waals surface area contributed by atoms with Crippen LogP contribution in [0.15, 0.2) is 40.9 Å². The van der Waals surface area contributed by atoms with Crippen LogP contribution < -0.4 is 4.74 Å². The number of aryl methyl sites for hydroxylation is 1. The molecule has 0 saturated heterocycles. The number of hydrogen-bond acceptors (Lipinski definition) is 1. The second-order valence-corrected chi connectivity index (χ2v) is 5.75. The summed E-state index contributed by atoms with van der Waals surface area (Å²) >= 11 is 13.0. The van der Waals surface area contributed by atoms with Crippen molar-refractivity contribution in [2.75, 3.05) is 0 Å². The minimum absolute atomic E-state index is 0.662. The highest BCUT2D eigenvalue weighted by Crippen LogP contribution is 2.34. The number of ether oxygens (including phenoxy) is 1. The molecule has 0 aromatic heterocycles. The third-order valence-corrected chi connectivity index (χ3v) is 3.99. The summed E-state index contributed by atoms with van der Waals surface area (Å²) in [5.74, 6) is 1.61. The van der Waals surface area contributed by atoms with Gasteiger partial charge in [-0.1, -0.05) is 55.6 Å². The van der Waals surface area contributed by atoms with Crippen molar-refractivity contribution in [1.29, 1.82) is 0 Å². The molecule has 0 bridgehead atoms. The Labute approximate surface area is 128 Å². The number of hydrogen-bond donors (Lipinski definition) is 0. The zero-order valence-electron chi connectivity index (χ0n) is 9.71. The first-order chi connectivity index (χ1) is 8.61. The molecule has 0 atom stereocenters. The van der Waals surface area contributed by atoms with Gasteiger partial charge in [0.15, 0.2) is 0 Å². The molecule has 0 saturated carbocycles. The van der Waals surface area contributed by atoms with Crippen molar-refractivity contribution in [2.45, 2.75) is 12.3 Å². The van der Waals surface area contributed by atoms with Crippen molar-refractivity contribution in [3.8, 4) is 11.5 Å². The smallest absolute Gasteiger partial charge is 0.132 e. The third-order valence-electron chi connectivity index (χ3n) is 2.58. The van der Waals surface area contributed by atoms with Crippen molar-refractivity contribution in [3.05, 3.63) is 57.0 Å². The largest absolute Gasteiger partial charge is 0.457 e. The van der Waals surface area contributed by atoms with Crippen molar-refractivity contribution in [2.24, 2.45) is 0 Å². The molecule has 94 valence electrons. The molecule has 0 aliphatic rings. The van der Waals surface area contributed by atoms with E-state index in [0.717, 1.165) is 27.1 Å². The van der Waals surface area contributed by atoms with Crippen LogP contribution in [0.1, 0.15) is 11.1 Å². The Morgan fingerprint density at radius 2 is 1.94 bits per heavy atom. The van der Waals surface area contributed by atoms with Crippen LogP contribution in [-0.4, -0.2) is 0 Å². The molecule has 0 radical (unpaired) electrons. The molecule has 1 nitrogen and oxygen atoms in total. The SMILES string of the molecule is Cc1ccc(Br)cc1Oc1cccc(Cl)c1CBr. The van der Waals surface area contributed by atoms with Crippen LogP contribution in [0.3, 0.4) is 0 Å². The van der Waals surface area contributed by atoms with E-state index in [4.69, 9.17) is 16.3 Å². The van der Waals surface area contributed by atoms with Gasteiger partial charge in [0.05, 0.1) is 0 Å². The van der Waals surface area contributed by atoms with E-state index in [9.17, 15) is 0 Å². The van der Waals surface area contributed by atoms with E-state index in [1.165, 1.54) is 0 Å². The maximum Gasteiger partial charge on any atom is 0.132 e. The van der Waals surface area contributed by atoms with Crippen LogP contribution in [0.4, 0.5) is 0 Å². The number of rotatable bonds is 3. The van der Waals surface area contributed by atoms with Crippen LogP contribution >= 0.6 is 43.5 Å². The van der Waals surface area contributed by atoms with E-state index >= 15 is 0 Å². The summed E-state index contributed by atoms with van der Waals surface area (Å²) in [7, 11) is 0. The van der Waals surface area contributed by atoms with Gasteiger partial charge in [0.25, 0.3) is 0 Å². The molecule has 0 aliphatic carbocycles. The molecule has 2 aromatic rings. The van der Waals surface area contributed by atoms with Crippen LogP contribution in [0.25, 0.3) is 0 Å². The van der Waals surface area contributed by atoms with Gasteiger partial charge in [-0.2, -0.15) is 0 Å². The van der Waals surface area contributed by atoms with Gasteiger partial charge in [0.2, 0.25) is 0 Å². The standard InChI is InChI=1S/C14H11Br2ClO/c1-9-5-6-10(16)7-14(9)18-13-4-2-3-12(17)11(13)8-15/h2-7H,8H2,1H3. The highest BCUT2D eigenvalue weighted by Gasteiger charge is 2.09. The number of benzene rings is 2. The van der Waals surface area contributed by atoms with Crippen LogP contribution in [0.5, 0.6) is 11.5 Å². The van der Waals surface area contributed by atoms with E-state index in [1.807, 2.05) is 43.3 Å². The molecule has 0 unspecified atom stereocenters. The summed E-state index contributed by atoms with van der Waals surface area (Å²) in [6.45, 7) is 2.01. The first kappa shape index (κ1) is 13.9. The molecular formula is C14H11Br2ClO. The fraction of sp³-hybridized carbons (Fsp3) is 0.143. The third kappa shape index (κ3) is 3.08. The normalized spacial score (nSPS) is 10.4. The average molecular weight is 391 g/mol. The number of halogens is 3. The molecule has 4 heteroatoms. The Kier molecular flexibility index (Phi) is 4.71. The first-order valence-electron chi connectivity index (χ1n) is 5.39. The lowest BCUT2D eigenvalue weighted by Gasteiger charge is -2.13. The van der Waals surface area contributed by atoms with Crippen molar-refractivity contribution in [3.63, 3.8) is 0 Å². The molecule has 0 spiro atoms. The first-order valence-corrected chi connectivity index (χ1v) is 7.68. The lowest BCUT2D eigenvalue weighted by atomic mass is 10.2. The monoisotopic (exact) mass is 388 g/mol. The Morgan fingerprint density at radius 3 is 2.67 bits per heavy atom. The highest BCUT2D eigenvalue weighted by atomic mass is 79.9. The quantitative estimate of drug-likeness (QED) is 0.576. The topological polar surface area (TPSA) is 9.23 Å². The second-order valence-electron chi connectivity index (χ2n) is 3.86. The summed E-state index contributed by atoms with van der Waals surface area (Å²) < 4.78 is 6.94. The summed E-state index contributed by atoms with van der Waals surface area (Å²) in [6.07, 6.45) is 0. The zero-order chi connectivity index (χ0) is 13.1. The van der Waals surface area contributed by atoms with E-state index in [1.54, 1.807) is 0 Å². The minimum Gasteiger partial charge on any atom is -0.457 e. The van der Waals surface area contributed by atoms with Crippen LogP contribution in [-0.2, 0) is 5.33 Å². The second kappa shape index (κ2) is 6.09. The maximum atomic E-state index is 6.15. The predicted octanol–water partition coefficient (Wildman–Crippen LogP) is 6.10. The summed E-state index contributed by atoms with van der Waals surface area (Å²) in [4.78, 5) is 0. The Morgan fingerprint density at radius 1 is 1.17 bits per heavy atom. The number of alkyl halides is 1. The van der Waals surface area contributed by atoms with Crippen LogP contribution in [0, 0.1) is 6.92 Å². The molecule has 2 rings (SSSR count). The molecule has 2 aromatic carbocycles. The van der Waals surface area contributed by atoms with Gasteiger partial charge in [0.1, 0.15) is 11.5 Å². The maximum absolute atomic E-state index is 6.15. The van der Waals surface area contributed by atoms with Gasteiger partial charge >= 0.3 is 0 Å². The lowest BCUT2D eigenvalue weighted by molar-refractivity contribution is 0.474. The molecule has 0 fully saturated rings. The molecule has 0 aliphatic heterocycles. The van der Waals surface area contributed by atoms with Crippen molar-refractivity contribution < 1.29 is 4.74 Å². The van der Waals surface area contributed by atoms with Gasteiger partial charge in [-0.05, 0) is 36.8 Å². The van der Waals surface area contributed by atoms with E-state index in [-0.39, 0.29) is 0 Å². The van der Waals surface area contributed by atoms with E-state index < -0.39 is 0 Å².